The SMILES string of the molecule is CC(N)Cc1cc(F)c(N2CCCCCC2)c(F)c1. The Kier molecular flexibility index (Phi) is 4.75. The number of hydrogen-bond donors (Lipinski definition) is 1. The van der Waals surface area contributed by atoms with Crippen LogP contribution in [0, 0.1) is 11.6 Å². The van der Waals surface area contributed by atoms with E-state index in [1.807, 2.05) is 11.8 Å². The standard InChI is InChI=1S/C15H22F2N2/c1-11(18)8-12-9-13(16)15(14(17)10-12)19-6-4-2-3-5-7-19/h9-11H,2-8,18H2,1H3. The summed E-state index contributed by atoms with van der Waals surface area (Å²) < 4.78 is 28.3. The topological polar surface area (TPSA) is 29.3 Å². The fraction of sp³-hybridized carbons (Fsp3) is 0.600. The molecule has 2 nitrogen and oxygen atoms in total. The summed E-state index contributed by atoms with van der Waals surface area (Å²) in [7, 11) is 0. The van der Waals surface area contributed by atoms with Gasteiger partial charge < -0.3 is 10.6 Å². The average Bonchev–Trinajstić information content (AvgIpc) is 2.56. The van der Waals surface area contributed by atoms with Gasteiger partial charge in [-0.3, -0.25) is 0 Å². The molecule has 106 valence electrons. The van der Waals surface area contributed by atoms with Gasteiger partial charge in [-0.15, -0.1) is 0 Å². The smallest absolute Gasteiger partial charge is 0.149 e. The second kappa shape index (κ2) is 6.33. The minimum Gasteiger partial charge on any atom is -0.367 e. The molecule has 1 atom stereocenters. The van der Waals surface area contributed by atoms with Crippen LogP contribution in [-0.4, -0.2) is 19.1 Å². The summed E-state index contributed by atoms with van der Waals surface area (Å²) in [5.74, 6) is -0.921. The molecule has 0 bridgehead atoms. The maximum absolute atomic E-state index is 14.2. The highest BCUT2D eigenvalue weighted by Gasteiger charge is 2.19. The number of nitrogens with two attached hydrogens (primary N) is 1. The van der Waals surface area contributed by atoms with Gasteiger partial charge in [0.25, 0.3) is 0 Å². The molecule has 0 aromatic heterocycles. The quantitative estimate of drug-likeness (QED) is 0.912. The number of rotatable bonds is 3. The van der Waals surface area contributed by atoms with E-state index >= 15 is 0 Å². The van der Waals surface area contributed by atoms with Gasteiger partial charge >= 0.3 is 0 Å². The maximum atomic E-state index is 14.2. The molecule has 1 unspecified atom stereocenters. The highest BCUT2D eigenvalue weighted by Crippen LogP contribution is 2.27. The zero-order valence-corrected chi connectivity index (χ0v) is 11.5. The average molecular weight is 268 g/mol. The largest absolute Gasteiger partial charge is 0.367 e. The third-order valence-corrected chi connectivity index (χ3v) is 3.56. The van der Waals surface area contributed by atoms with E-state index in [4.69, 9.17) is 5.73 Å². The first-order chi connectivity index (χ1) is 9.08. The second-order valence-electron chi connectivity index (χ2n) is 5.49. The van der Waals surface area contributed by atoms with Crippen molar-refractivity contribution in [2.24, 2.45) is 5.73 Å². The Morgan fingerprint density at radius 1 is 1.11 bits per heavy atom. The molecule has 19 heavy (non-hydrogen) atoms. The van der Waals surface area contributed by atoms with E-state index in [1.165, 1.54) is 12.1 Å². The van der Waals surface area contributed by atoms with E-state index in [2.05, 4.69) is 0 Å². The van der Waals surface area contributed by atoms with Gasteiger partial charge in [-0.05, 0) is 43.9 Å². The van der Waals surface area contributed by atoms with Gasteiger partial charge in [0.2, 0.25) is 0 Å². The predicted molar refractivity (Wildman–Crippen MR) is 74.4 cm³/mol. The highest BCUT2D eigenvalue weighted by molar-refractivity contribution is 5.51. The lowest BCUT2D eigenvalue weighted by atomic mass is 10.1. The molecule has 1 heterocycles. The molecule has 1 aromatic rings. The van der Waals surface area contributed by atoms with Crippen molar-refractivity contribution >= 4 is 5.69 Å². The molecule has 0 spiro atoms. The Labute approximate surface area is 113 Å². The monoisotopic (exact) mass is 268 g/mol. The van der Waals surface area contributed by atoms with Crippen molar-refractivity contribution in [1.82, 2.24) is 0 Å². The Hall–Kier alpha value is -1.16. The summed E-state index contributed by atoms with van der Waals surface area (Å²) in [5, 5.41) is 0. The molecule has 2 N–H and O–H groups in total. The van der Waals surface area contributed by atoms with Crippen LogP contribution in [-0.2, 0) is 6.42 Å². The molecule has 0 saturated carbocycles. The van der Waals surface area contributed by atoms with Crippen LogP contribution in [0.1, 0.15) is 38.2 Å². The number of nitrogens with zero attached hydrogens (tertiary/aromatic N) is 1. The van der Waals surface area contributed by atoms with Crippen molar-refractivity contribution in [2.75, 3.05) is 18.0 Å². The van der Waals surface area contributed by atoms with E-state index in [9.17, 15) is 8.78 Å². The molecule has 1 aromatic carbocycles. The lowest BCUT2D eigenvalue weighted by Crippen LogP contribution is -2.26. The molecule has 0 amide bonds. The summed E-state index contributed by atoms with van der Waals surface area (Å²) in [6.07, 6.45) is 4.78. The maximum Gasteiger partial charge on any atom is 0.149 e. The highest BCUT2D eigenvalue weighted by atomic mass is 19.1. The van der Waals surface area contributed by atoms with Gasteiger partial charge in [0.1, 0.15) is 17.3 Å². The van der Waals surface area contributed by atoms with Gasteiger partial charge in [0.05, 0.1) is 0 Å². The van der Waals surface area contributed by atoms with Crippen molar-refractivity contribution in [3.05, 3.63) is 29.3 Å². The van der Waals surface area contributed by atoms with Crippen molar-refractivity contribution < 1.29 is 8.78 Å². The number of benzene rings is 1. The van der Waals surface area contributed by atoms with E-state index in [1.54, 1.807) is 0 Å². The van der Waals surface area contributed by atoms with Crippen LogP contribution in [0.3, 0.4) is 0 Å². The first-order valence-electron chi connectivity index (χ1n) is 7.06. The van der Waals surface area contributed by atoms with Crippen LogP contribution in [0.15, 0.2) is 12.1 Å². The molecular formula is C15H22F2N2. The zero-order chi connectivity index (χ0) is 13.8. The molecule has 1 fully saturated rings. The van der Waals surface area contributed by atoms with Crippen LogP contribution in [0.25, 0.3) is 0 Å². The summed E-state index contributed by atoms with van der Waals surface area (Å²) in [4.78, 5) is 1.84. The molecule has 2 rings (SSSR count). The zero-order valence-electron chi connectivity index (χ0n) is 11.5. The van der Waals surface area contributed by atoms with Crippen molar-refractivity contribution in [2.45, 2.75) is 45.1 Å². The summed E-state index contributed by atoms with van der Waals surface area (Å²) in [6, 6.07) is 2.75. The first kappa shape index (κ1) is 14.3. The van der Waals surface area contributed by atoms with E-state index in [0.29, 0.717) is 12.0 Å². The third-order valence-electron chi connectivity index (χ3n) is 3.56. The van der Waals surface area contributed by atoms with Crippen LogP contribution < -0.4 is 10.6 Å². The Bertz CT molecular complexity index is 401. The van der Waals surface area contributed by atoms with Crippen LogP contribution >= 0.6 is 0 Å². The molecule has 1 saturated heterocycles. The number of anilines is 1. The lowest BCUT2D eigenvalue weighted by Gasteiger charge is -2.24. The van der Waals surface area contributed by atoms with Gasteiger partial charge in [-0.2, -0.15) is 0 Å². The molecule has 1 aliphatic heterocycles. The van der Waals surface area contributed by atoms with Crippen LogP contribution in [0.2, 0.25) is 0 Å². The fourth-order valence-corrected chi connectivity index (χ4v) is 2.70. The van der Waals surface area contributed by atoms with Gasteiger partial charge in [-0.25, -0.2) is 8.78 Å². The summed E-state index contributed by atoms with van der Waals surface area (Å²) >= 11 is 0. The first-order valence-corrected chi connectivity index (χ1v) is 7.06. The van der Waals surface area contributed by atoms with Crippen LogP contribution in [0.4, 0.5) is 14.5 Å². The van der Waals surface area contributed by atoms with Crippen molar-refractivity contribution in [1.29, 1.82) is 0 Å². The van der Waals surface area contributed by atoms with Crippen molar-refractivity contribution in [3.8, 4) is 0 Å². The number of halogens is 2. The minimum atomic E-state index is -0.461. The van der Waals surface area contributed by atoms with Gasteiger partial charge in [0, 0.05) is 19.1 Å². The Balaban J connectivity index is 2.24. The lowest BCUT2D eigenvalue weighted by molar-refractivity contribution is 0.565. The predicted octanol–water partition coefficient (Wildman–Crippen LogP) is 3.23. The Morgan fingerprint density at radius 3 is 2.11 bits per heavy atom. The van der Waals surface area contributed by atoms with E-state index < -0.39 is 11.6 Å². The third kappa shape index (κ3) is 3.66. The summed E-state index contributed by atoms with van der Waals surface area (Å²) in [6.45, 7) is 3.31. The van der Waals surface area contributed by atoms with Gasteiger partial charge in [0.15, 0.2) is 0 Å². The van der Waals surface area contributed by atoms with Gasteiger partial charge in [-0.1, -0.05) is 12.8 Å². The Morgan fingerprint density at radius 2 is 1.63 bits per heavy atom. The molecule has 4 heteroatoms. The molecule has 0 radical (unpaired) electrons. The minimum absolute atomic E-state index is 0.0946. The fourth-order valence-electron chi connectivity index (χ4n) is 2.70. The van der Waals surface area contributed by atoms with Crippen LogP contribution in [0.5, 0.6) is 0 Å². The van der Waals surface area contributed by atoms with E-state index in [0.717, 1.165) is 38.8 Å². The molecule has 1 aliphatic rings. The van der Waals surface area contributed by atoms with E-state index in [-0.39, 0.29) is 11.7 Å². The molecule has 0 aliphatic carbocycles. The normalized spacial score (nSPS) is 18.2. The molecular weight excluding hydrogens is 246 g/mol. The summed E-state index contributed by atoms with van der Waals surface area (Å²) in [5.41, 5.74) is 6.43. The van der Waals surface area contributed by atoms with Crippen molar-refractivity contribution in [3.63, 3.8) is 0 Å². The number of hydrogen-bond acceptors (Lipinski definition) is 2. The second-order valence-corrected chi connectivity index (χ2v) is 5.49.